The van der Waals surface area contributed by atoms with E-state index in [1.165, 1.54) is 11.3 Å². The van der Waals surface area contributed by atoms with Gasteiger partial charge in [-0.15, -0.1) is 10.2 Å². The number of rotatable bonds is 4. The number of aromatic nitrogens is 2. The zero-order valence-electron chi connectivity index (χ0n) is 15.4. The molecule has 0 radical (unpaired) electrons. The standard InChI is InChI=1S/C19H24N4O2S/c1-12(2)19(25)23-10-4-5-14(11-23)17-21-22-18(26-17)16(24)20-15-8-6-13(3)7-9-15/h6-9,12,14H,4-5,10-11H2,1-3H3,(H,20,24)/t14-/m1/s1. The van der Waals surface area contributed by atoms with Gasteiger partial charge in [0.25, 0.3) is 5.91 Å². The number of amides is 2. The molecule has 0 aliphatic carbocycles. The summed E-state index contributed by atoms with van der Waals surface area (Å²) >= 11 is 1.32. The SMILES string of the molecule is Cc1ccc(NC(=O)c2nnc([C@@H]3CCCN(C(=O)C(C)C)C3)s2)cc1. The molecule has 2 amide bonds. The Kier molecular flexibility index (Phi) is 5.66. The number of hydrogen-bond donors (Lipinski definition) is 1. The van der Waals surface area contributed by atoms with Gasteiger partial charge in [0.1, 0.15) is 5.01 Å². The minimum absolute atomic E-state index is 0.000909. The number of anilines is 1. The van der Waals surface area contributed by atoms with E-state index in [1.807, 2.05) is 49.9 Å². The van der Waals surface area contributed by atoms with Crippen LogP contribution in [0.4, 0.5) is 5.69 Å². The smallest absolute Gasteiger partial charge is 0.286 e. The number of carbonyl (C=O) groups excluding carboxylic acids is 2. The number of likely N-dealkylation sites (tertiary alicyclic amines) is 1. The molecule has 7 heteroatoms. The van der Waals surface area contributed by atoms with Crippen LogP contribution < -0.4 is 5.32 Å². The first-order valence-corrected chi connectivity index (χ1v) is 9.76. The van der Waals surface area contributed by atoms with E-state index in [-0.39, 0.29) is 23.7 Å². The van der Waals surface area contributed by atoms with Crippen LogP contribution in [0.3, 0.4) is 0 Å². The zero-order chi connectivity index (χ0) is 18.7. The molecule has 0 unspecified atom stereocenters. The van der Waals surface area contributed by atoms with Gasteiger partial charge in [0, 0.05) is 30.6 Å². The molecule has 2 heterocycles. The lowest BCUT2D eigenvalue weighted by Crippen LogP contribution is -2.41. The van der Waals surface area contributed by atoms with Crippen molar-refractivity contribution < 1.29 is 9.59 Å². The van der Waals surface area contributed by atoms with Crippen LogP contribution in [0.15, 0.2) is 24.3 Å². The van der Waals surface area contributed by atoms with Crippen LogP contribution in [0.1, 0.15) is 53.0 Å². The Labute approximate surface area is 157 Å². The average Bonchev–Trinajstić information content (AvgIpc) is 3.13. The minimum atomic E-state index is -0.247. The summed E-state index contributed by atoms with van der Waals surface area (Å²) in [5, 5.41) is 12.3. The summed E-state index contributed by atoms with van der Waals surface area (Å²) in [5.41, 5.74) is 1.88. The molecule has 0 bridgehead atoms. The van der Waals surface area contributed by atoms with Crippen LogP contribution in [-0.4, -0.2) is 40.0 Å². The maximum Gasteiger partial charge on any atom is 0.286 e. The van der Waals surface area contributed by atoms with Crippen LogP contribution in [-0.2, 0) is 4.79 Å². The maximum atomic E-state index is 12.4. The van der Waals surface area contributed by atoms with Crippen LogP contribution in [0.2, 0.25) is 0 Å². The third-order valence-electron chi connectivity index (χ3n) is 4.52. The lowest BCUT2D eigenvalue weighted by molar-refractivity contribution is -0.135. The van der Waals surface area contributed by atoms with Crippen molar-refractivity contribution in [3.05, 3.63) is 39.8 Å². The summed E-state index contributed by atoms with van der Waals surface area (Å²) in [5.74, 6) is 0.0870. The van der Waals surface area contributed by atoms with Crippen LogP contribution in [0.5, 0.6) is 0 Å². The highest BCUT2D eigenvalue weighted by molar-refractivity contribution is 7.13. The predicted octanol–water partition coefficient (Wildman–Crippen LogP) is 3.46. The fourth-order valence-corrected chi connectivity index (χ4v) is 3.92. The van der Waals surface area contributed by atoms with Gasteiger partial charge < -0.3 is 10.2 Å². The molecule has 1 fully saturated rings. The van der Waals surface area contributed by atoms with Gasteiger partial charge in [-0.3, -0.25) is 9.59 Å². The Balaban J connectivity index is 1.66. The minimum Gasteiger partial charge on any atom is -0.342 e. The highest BCUT2D eigenvalue weighted by Crippen LogP contribution is 2.30. The van der Waals surface area contributed by atoms with E-state index >= 15 is 0 Å². The van der Waals surface area contributed by atoms with Gasteiger partial charge in [-0.25, -0.2) is 0 Å². The highest BCUT2D eigenvalue weighted by Gasteiger charge is 2.28. The molecule has 1 aromatic heterocycles. The number of hydrogen-bond acceptors (Lipinski definition) is 5. The Hall–Kier alpha value is -2.28. The second kappa shape index (κ2) is 7.95. The van der Waals surface area contributed by atoms with E-state index in [0.717, 1.165) is 35.6 Å². The molecule has 6 nitrogen and oxygen atoms in total. The predicted molar refractivity (Wildman–Crippen MR) is 102 cm³/mol. The summed E-state index contributed by atoms with van der Waals surface area (Å²) < 4.78 is 0. The van der Waals surface area contributed by atoms with Gasteiger partial charge in [-0.1, -0.05) is 42.9 Å². The van der Waals surface area contributed by atoms with Crippen molar-refractivity contribution in [2.24, 2.45) is 5.92 Å². The van der Waals surface area contributed by atoms with E-state index in [4.69, 9.17) is 0 Å². The van der Waals surface area contributed by atoms with Crippen molar-refractivity contribution in [2.45, 2.75) is 39.5 Å². The molecule has 1 aliphatic rings. The first-order valence-electron chi connectivity index (χ1n) is 8.94. The van der Waals surface area contributed by atoms with Crippen molar-refractivity contribution in [1.82, 2.24) is 15.1 Å². The molecule has 3 rings (SSSR count). The van der Waals surface area contributed by atoms with E-state index in [0.29, 0.717) is 11.6 Å². The average molecular weight is 372 g/mol. The zero-order valence-corrected chi connectivity index (χ0v) is 16.2. The van der Waals surface area contributed by atoms with E-state index in [1.54, 1.807) is 0 Å². The quantitative estimate of drug-likeness (QED) is 0.892. The van der Waals surface area contributed by atoms with Crippen molar-refractivity contribution >= 4 is 28.8 Å². The van der Waals surface area contributed by atoms with Crippen molar-refractivity contribution in [3.63, 3.8) is 0 Å². The summed E-state index contributed by atoms with van der Waals surface area (Å²) in [4.78, 5) is 26.5. The summed E-state index contributed by atoms with van der Waals surface area (Å²) in [6.45, 7) is 7.30. The van der Waals surface area contributed by atoms with Crippen molar-refractivity contribution in [2.75, 3.05) is 18.4 Å². The van der Waals surface area contributed by atoms with Crippen LogP contribution in [0, 0.1) is 12.8 Å². The number of benzene rings is 1. The van der Waals surface area contributed by atoms with Crippen LogP contribution in [0.25, 0.3) is 0 Å². The Morgan fingerprint density at radius 3 is 2.65 bits per heavy atom. The molecule has 2 aromatic rings. The summed E-state index contributed by atoms with van der Waals surface area (Å²) in [7, 11) is 0. The van der Waals surface area contributed by atoms with Gasteiger partial charge in [0.05, 0.1) is 0 Å². The molecule has 26 heavy (non-hydrogen) atoms. The van der Waals surface area contributed by atoms with E-state index < -0.39 is 0 Å². The first kappa shape index (κ1) is 18.5. The highest BCUT2D eigenvalue weighted by atomic mass is 32.1. The van der Waals surface area contributed by atoms with Crippen LogP contribution >= 0.6 is 11.3 Å². The first-order chi connectivity index (χ1) is 12.4. The fourth-order valence-electron chi connectivity index (χ4n) is 3.06. The fraction of sp³-hybridized carbons (Fsp3) is 0.474. The van der Waals surface area contributed by atoms with Gasteiger partial charge in [0.2, 0.25) is 10.9 Å². The molecule has 0 saturated carbocycles. The van der Waals surface area contributed by atoms with Gasteiger partial charge in [-0.2, -0.15) is 0 Å². The second-order valence-electron chi connectivity index (χ2n) is 7.04. The normalized spacial score (nSPS) is 17.4. The molecular formula is C19H24N4O2S. The third kappa shape index (κ3) is 4.27. The number of nitrogens with zero attached hydrogens (tertiary/aromatic N) is 3. The van der Waals surface area contributed by atoms with E-state index in [9.17, 15) is 9.59 Å². The molecule has 0 spiro atoms. The molecule has 1 N–H and O–H groups in total. The topological polar surface area (TPSA) is 75.2 Å². The van der Waals surface area contributed by atoms with Gasteiger partial charge >= 0.3 is 0 Å². The number of nitrogens with one attached hydrogen (secondary N) is 1. The monoisotopic (exact) mass is 372 g/mol. The molecule has 1 aliphatic heterocycles. The molecule has 1 atom stereocenters. The lowest BCUT2D eigenvalue weighted by atomic mass is 9.97. The van der Waals surface area contributed by atoms with Gasteiger partial charge in [-0.05, 0) is 31.9 Å². The molecule has 1 saturated heterocycles. The molecule has 1 aromatic carbocycles. The van der Waals surface area contributed by atoms with E-state index in [2.05, 4.69) is 15.5 Å². The maximum absolute atomic E-state index is 12.4. The summed E-state index contributed by atoms with van der Waals surface area (Å²) in [6, 6.07) is 7.63. The van der Waals surface area contributed by atoms with Crippen molar-refractivity contribution in [1.29, 1.82) is 0 Å². The molecule has 138 valence electrons. The Morgan fingerprint density at radius 1 is 1.23 bits per heavy atom. The number of piperidine rings is 1. The van der Waals surface area contributed by atoms with Crippen molar-refractivity contribution in [3.8, 4) is 0 Å². The lowest BCUT2D eigenvalue weighted by Gasteiger charge is -2.32. The number of aryl methyl sites for hydroxylation is 1. The summed E-state index contributed by atoms with van der Waals surface area (Å²) in [6.07, 6.45) is 1.92. The second-order valence-corrected chi connectivity index (χ2v) is 8.05. The Morgan fingerprint density at radius 2 is 1.96 bits per heavy atom. The van der Waals surface area contributed by atoms with Gasteiger partial charge in [0.15, 0.2) is 0 Å². The third-order valence-corrected chi connectivity index (χ3v) is 5.61. The molecular weight excluding hydrogens is 348 g/mol. The Bertz CT molecular complexity index is 785. The number of carbonyl (C=O) groups is 2. The largest absolute Gasteiger partial charge is 0.342 e.